The van der Waals surface area contributed by atoms with Crippen LogP contribution >= 0.6 is 24.0 Å². The number of thiocarbonyl (C=S) groups is 1. The molecule has 8 heteroatoms. The zero-order chi connectivity index (χ0) is 9.35. The lowest BCUT2D eigenvalue weighted by molar-refractivity contribution is -0.123. The Morgan fingerprint density at radius 2 is 2.25 bits per heavy atom. The van der Waals surface area contributed by atoms with Gasteiger partial charge in [-0.05, 0) is 0 Å². The second-order valence-corrected chi connectivity index (χ2v) is 5.12. The Morgan fingerprint density at radius 1 is 1.67 bits per heavy atom. The first-order valence-electron chi connectivity index (χ1n) is 2.82. The predicted molar refractivity (Wildman–Crippen MR) is 48.3 cm³/mol. The highest BCUT2D eigenvalue weighted by atomic mass is 32.2. The highest BCUT2D eigenvalue weighted by Crippen LogP contribution is 2.19. The van der Waals surface area contributed by atoms with Gasteiger partial charge in [0.2, 0.25) is 5.91 Å². The van der Waals surface area contributed by atoms with E-state index in [1.54, 1.807) is 0 Å². The second kappa shape index (κ2) is 3.29. The molecule has 1 amide bonds. The molecule has 1 saturated heterocycles. The summed E-state index contributed by atoms with van der Waals surface area (Å²) in [6, 6.07) is 0. The monoisotopic (exact) mass is 227 g/mol. The van der Waals surface area contributed by atoms with E-state index < -0.39 is 16.0 Å². The fourth-order valence-corrected chi connectivity index (χ4v) is 2.50. The van der Waals surface area contributed by atoms with Crippen molar-refractivity contribution in [3.8, 4) is 0 Å². The van der Waals surface area contributed by atoms with Gasteiger partial charge < -0.3 is 0 Å². The molecular weight excluding hydrogens is 222 g/mol. The van der Waals surface area contributed by atoms with Crippen molar-refractivity contribution in [3.63, 3.8) is 0 Å². The van der Waals surface area contributed by atoms with Crippen molar-refractivity contribution in [2.45, 2.75) is 0 Å². The number of hydrogen-bond donors (Lipinski definition) is 1. The van der Waals surface area contributed by atoms with Crippen molar-refractivity contribution in [2.75, 3.05) is 11.6 Å². The van der Waals surface area contributed by atoms with E-state index in [0.29, 0.717) is 0 Å². The van der Waals surface area contributed by atoms with Crippen LogP contribution in [-0.4, -0.2) is 39.7 Å². The van der Waals surface area contributed by atoms with E-state index in [2.05, 4.69) is 12.2 Å². The van der Waals surface area contributed by atoms with Crippen molar-refractivity contribution < 1.29 is 17.8 Å². The van der Waals surface area contributed by atoms with E-state index >= 15 is 0 Å². The second-order valence-electron chi connectivity index (χ2n) is 2.09. The van der Waals surface area contributed by atoms with Gasteiger partial charge in [-0.2, -0.15) is 8.42 Å². The van der Waals surface area contributed by atoms with Gasteiger partial charge in [-0.1, -0.05) is 24.0 Å². The quantitative estimate of drug-likeness (QED) is 0.515. The molecule has 1 aliphatic rings. The summed E-state index contributed by atoms with van der Waals surface area (Å²) in [7, 11) is -4.17. The van der Waals surface area contributed by atoms with Crippen LogP contribution in [0.5, 0.6) is 0 Å². The first-order chi connectivity index (χ1) is 5.40. The Bertz CT molecular complexity index is 305. The minimum Gasteiger partial charge on any atom is -0.284 e. The summed E-state index contributed by atoms with van der Waals surface area (Å²) in [5.41, 5.74) is 0. The minimum absolute atomic E-state index is 0.147. The third-order valence-corrected chi connectivity index (χ3v) is 3.15. The average Bonchev–Trinajstić information content (AvgIpc) is 2.16. The maximum absolute atomic E-state index is 10.9. The minimum atomic E-state index is -4.17. The molecule has 0 spiro atoms. The van der Waals surface area contributed by atoms with E-state index in [-0.39, 0.29) is 16.0 Å². The van der Waals surface area contributed by atoms with Gasteiger partial charge in [0.15, 0.2) is 5.88 Å². The normalized spacial score (nSPS) is 18.9. The van der Waals surface area contributed by atoms with Crippen molar-refractivity contribution >= 4 is 44.3 Å². The van der Waals surface area contributed by atoms with Crippen LogP contribution < -0.4 is 0 Å². The molecule has 1 heterocycles. The van der Waals surface area contributed by atoms with Gasteiger partial charge >= 0.3 is 0 Å². The molecule has 1 fully saturated rings. The molecule has 0 aromatic carbocycles. The van der Waals surface area contributed by atoms with Crippen LogP contribution in [0.4, 0.5) is 0 Å². The number of thioether (sulfide) groups is 1. The molecule has 0 aromatic rings. The van der Waals surface area contributed by atoms with Crippen LogP contribution in [0.25, 0.3) is 0 Å². The number of nitrogens with zero attached hydrogens (tertiary/aromatic N) is 1. The topological polar surface area (TPSA) is 74.7 Å². The lowest BCUT2D eigenvalue weighted by Crippen LogP contribution is -2.33. The van der Waals surface area contributed by atoms with Crippen molar-refractivity contribution in [1.82, 2.24) is 4.90 Å². The first kappa shape index (κ1) is 9.90. The molecule has 0 atom stereocenters. The summed E-state index contributed by atoms with van der Waals surface area (Å²) in [6.45, 7) is 0. The summed E-state index contributed by atoms with van der Waals surface area (Å²) >= 11 is 5.76. The lowest BCUT2D eigenvalue weighted by atomic mass is 10.6. The molecule has 0 aliphatic carbocycles. The molecule has 0 aromatic heterocycles. The molecule has 0 bridgehead atoms. The highest BCUT2D eigenvalue weighted by molar-refractivity contribution is 8.24. The molecule has 1 rings (SSSR count). The largest absolute Gasteiger partial charge is 0.284 e. The van der Waals surface area contributed by atoms with E-state index in [9.17, 15) is 13.2 Å². The van der Waals surface area contributed by atoms with Crippen LogP contribution in [-0.2, 0) is 14.9 Å². The van der Waals surface area contributed by atoms with Gasteiger partial charge in [0.05, 0.1) is 5.75 Å². The molecule has 12 heavy (non-hydrogen) atoms. The van der Waals surface area contributed by atoms with Gasteiger partial charge in [-0.15, -0.1) is 0 Å². The van der Waals surface area contributed by atoms with Crippen LogP contribution in [0.3, 0.4) is 0 Å². The third-order valence-electron chi connectivity index (χ3n) is 1.13. The van der Waals surface area contributed by atoms with Crippen LogP contribution in [0.15, 0.2) is 0 Å². The average molecular weight is 227 g/mol. The number of hydrogen-bond acceptors (Lipinski definition) is 5. The summed E-state index contributed by atoms with van der Waals surface area (Å²) in [5, 5.41) is 0. The molecule has 0 unspecified atom stereocenters. The van der Waals surface area contributed by atoms with Crippen LogP contribution in [0.1, 0.15) is 0 Å². The summed E-state index contributed by atoms with van der Waals surface area (Å²) in [4.78, 5) is 11.8. The van der Waals surface area contributed by atoms with Gasteiger partial charge in [-0.3, -0.25) is 14.2 Å². The fraction of sp³-hybridized carbons (Fsp3) is 0.500. The van der Waals surface area contributed by atoms with Crippen molar-refractivity contribution in [1.29, 1.82) is 0 Å². The van der Waals surface area contributed by atoms with E-state index in [0.717, 1.165) is 16.7 Å². The number of amides is 1. The molecule has 68 valence electrons. The smallest absolute Gasteiger partial charge is 0.283 e. The van der Waals surface area contributed by atoms with Crippen molar-refractivity contribution in [2.24, 2.45) is 0 Å². The van der Waals surface area contributed by atoms with Gasteiger partial charge in [0.1, 0.15) is 4.32 Å². The van der Waals surface area contributed by atoms with Gasteiger partial charge in [0, 0.05) is 0 Å². The Labute approximate surface area is 78.9 Å². The zero-order valence-electron chi connectivity index (χ0n) is 5.76. The van der Waals surface area contributed by atoms with Gasteiger partial charge in [0.25, 0.3) is 10.1 Å². The van der Waals surface area contributed by atoms with Crippen molar-refractivity contribution in [3.05, 3.63) is 0 Å². The molecular formula is C4H5NO4S3. The summed E-state index contributed by atoms with van der Waals surface area (Å²) < 4.78 is 29.4. The van der Waals surface area contributed by atoms with Gasteiger partial charge in [-0.25, -0.2) is 0 Å². The number of carbonyl (C=O) groups excluding carboxylic acids is 1. The molecule has 1 aliphatic heterocycles. The molecule has 0 saturated carbocycles. The lowest BCUT2D eigenvalue weighted by Gasteiger charge is -2.11. The molecule has 5 nitrogen and oxygen atoms in total. The fourth-order valence-electron chi connectivity index (χ4n) is 0.669. The van der Waals surface area contributed by atoms with E-state index in [1.165, 1.54) is 0 Å². The first-order valence-corrected chi connectivity index (χ1v) is 5.83. The maximum Gasteiger partial charge on any atom is 0.283 e. The predicted octanol–water partition coefficient (Wildman–Crippen LogP) is -0.308. The number of rotatable bonds is 2. The Balaban J connectivity index is 2.76. The SMILES string of the molecule is O=C1CSC(=S)N1CS(=O)(=O)O. The zero-order valence-corrected chi connectivity index (χ0v) is 8.21. The molecule has 1 N–H and O–H groups in total. The summed E-state index contributed by atoms with van der Waals surface area (Å²) in [5.74, 6) is -0.978. The van der Waals surface area contributed by atoms with E-state index in [1.807, 2.05) is 0 Å². The Kier molecular flexibility index (Phi) is 2.71. The number of carbonyl (C=O) groups is 1. The Morgan fingerprint density at radius 3 is 2.58 bits per heavy atom. The molecule has 0 radical (unpaired) electrons. The van der Waals surface area contributed by atoms with Crippen LogP contribution in [0, 0.1) is 0 Å². The van der Waals surface area contributed by atoms with E-state index in [4.69, 9.17) is 4.55 Å². The Hall–Kier alpha value is -0.180. The third kappa shape index (κ3) is 2.41. The highest BCUT2D eigenvalue weighted by Gasteiger charge is 2.29. The maximum atomic E-state index is 10.9. The summed E-state index contributed by atoms with van der Waals surface area (Å²) in [6.07, 6.45) is 0. The van der Waals surface area contributed by atoms with Crippen LogP contribution in [0.2, 0.25) is 0 Å². The standard InChI is InChI=1S/C4H5NO4S3/c6-3-1-11-4(10)5(3)2-12(7,8)9/h1-2H2,(H,7,8,9).